The van der Waals surface area contributed by atoms with Gasteiger partial charge < -0.3 is 9.47 Å². The normalized spacial score (nSPS) is 11.7. The van der Waals surface area contributed by atoms with Crippen LogP contribution in [0.4, 0.5) is 0 Å². The van der Waals surface area contributed by atoms with Crippen LogP contribution in [0.25, 0.3) is 0 Å². The van der Waals surface area contributed by atoms with E-state index in [2.05, 4.69) is 19.9 Å². The molecule has 8 nitrogen and oxygen atoms in total. The highest BCUT2D eigenvalue weighted by Gasteiger charge is 2.17. The smallest absolute Gasteiger partial charge is 0.276 e. The summed E-state index contributed by atoms with van der Waals surface area (Å²) in [5, 5.41) is 4.11. The minimum absolute atomic E-state index is 0.0929. The first-order valence-corrected chi connectivity index (χ1v) is 9.69. The van der Waals surface area contributed by atoms with Crippen molar-refractivity contribution in [3.8, 4) is 11.8 Å². The number of hydrazone groups is 1. The number of rotatable bonds is 7. The molecule has 3 aromatic rings. The SMILES string of the molecule is COc1cc(OC)nc(/C(=N/NS(=O)(=O)c2ccccc2)c2ccccc2)n1. The summed E-state index contributed by atoms with van der Waals surface area (Å²) in [6.45, 7) is 0. The fraction of sp³-hybridized carbons (Fsp3) is 0.105. The maximum Gasteiger partial charge on any atom is 0.276 e. The average molecular weight is 398 g/mol. The quantitative estimate of drug-likeness (QED) is 0.484. The number of hydrogen-bond acceptors (Lipinski definition) is 7. The number of methoxy groups -OCH3 is 2. The number of nitrogens with one attached hydrogen (secondary N) is 1. The van der Waals surface area contributed by atoms with Crippen LogP contribution in [-0.4, -0.2) is 38.3 Å². The number of hydrogen-bond donors (Lipinski definition) is 1. The maximum atomic E-state index is 12.5. The first-order valence-electron chi connectivity index (χ1n) is 8.21. The van der Waals surface area contributed by atoms with Gasteiger partial charge in [-0.3, -0.25) is 0 Å². The first kappa shape index (κ1) is 19.3. The zero-order valence-corrected chi connectivity index (χ0v) is 16.1. The third-order valence-electron chi connectivity index (χ3n) is 3.69. The molecule has 3 rings (SSSR count). The topological polar surface area (TPSA) is 103 Å². The molecule has 1 aromatic heterocycles. The molecule has 0 aliphatic rings. The second kappa shape index (κ2) is 8.49. The van der Waals surface area contributed by atoms with E-state index in [0.29, 0.717) is 5.56 Å². The summed E-state index contributed by atoms with van der Waals surface area (Å²) in [6, 6.07) is 18.4. The van der Waals surface area contributed by atoms with Crippen LogP contribution < -0.4 is 14.3 Å². The summed E-state index contributed by atoms with van der Waals surface area (Å²) < 4.78 is 35.4. The molecule has 0 spiro atoms. The largest absolute Gasteiger partial charge is 0.481 e. The van der Waals surface area contributed by atoms with Gasteiger partial charge in [-0.1, -0.05) is 48.5 Å². The summed E-state index contributed by atoms with van der Waals surface area (Å²) >= 11 is 0. The van der Waals surface area contributed by atoms with E-state index in [0.717, 1.165) is 0 Å². The Morgan fingerprint density at radius 2 is 1.43 bits per heavy atom. The van der Waals surface area contributed by atoms with Crippen LogP contribution >= 0.6 is 0 Å². The van der Waals surface area contributed by atoms with Gasteiger partial charge in [0.05, 0.1) is 25.2 Å². The number of sulfonamides is 1. The number of ether oxygens (including phenoxy) is 2. The molecule has 144 valence electrons. The van der Waals surface area contributed by atoms with Gasteiger partial charge in [0, 0.05) is 5.56 Å². The molecule has 0 atom stereocenters. The fourth-order valence-corrected chi connectivity index (χ4v) is 3.15. The molecule has 0 unspecified atom stereocenters. The predicted molar refractivity (Wildman–Crippen MR) is 104 cm³/mol. The lowest BCUT2D eigenvalue weighted by molar-refractivity contribution is 0.371. The van der Waals surface area contributed by atoms with Crippen molar-refractivity contribution in [1.29, 1.82) is 0 Å². The molecule has 2 aromatic carbocycles. The Morgan fingerprint density at radius 1 is 0.893 bits per heavy atom. The standard InChI is InChI=1S/C19H18N4O4S/c1-26-16-13-17(27-2)21-19(20-16)18(14-9-5-3-6-10-14)22-23-28(24,25)15-11-7-4-8-12-15/h3-13,23H,1-2H3/b22-18+. The van der Waals surface area contributed by atoms with Crippen molar-refractivity contribution in [2.75, 3.05) is 14.2 Å². The van der Waals surface area contributed by atoms with Crippen molar-refractivity contribution in [2.45, 2.75) is 4.90 Å². The Kier molecular flexibility index (Phi) is 5.85. The van der Waals surface area contributed by atoms with Crippen LogP contribution in [0.15, 0.2) is 76.7 Å². The summed E-state index contributed by atoms with van der Waals surface area (Å²) in [5.41, 5.74) is 0.839. The molecule has 9 heteroatoms. The van der Waals surface area contributed by atoms with Crippen LogP contribution in [0.5, 0.6) is 11.8 Å². The highest BCUT2D eigenvalue weighted by atomic mass is 32.2. The van der Waals surface area contributed by atoms with Crippen LogP contribution in [-0.2, 0) is 10.0 Å². The summed E-state index contributed by atoms with van der Waals surface area (Å²) in [4.78, 5) is 10.9. The van der Waals surface area contributed by atoms with Crippen molar-refractivity contribution < 1.29 is 17.9 Å². The van der Waals surface area contributed by atoms with Gasteiger partial charge in [0.15, 0.2) is 5.82 Å². The van der Waals surface area contributed by atoms with E-state index in [4.69, 9.17) is 9.47 Å². The minimum Gasteiger partial charge on any atom is -0.481 e. The Balaban J connectivity index is 2.07. The van der Waals surface area contributed by atoms with Crippen molar-refractivity contribution in [3.05, 3.63) is 78.1 Å². The highest BCUT2D eigenvalue weighted by molar-refractivity contribution is 7.89. The zero-order chi connectivity index (χ0) is 20.0. The van der Waals surface area contributed by atoms with Gasteiger partial charge in [-0.2, -0.15) is 28.3 Å². The number of benzene rings is 2. The summed E-state index contributed by atoms with van der Waals surface area (Å²) in [6.07, 6.45) is 0. The zero-order valence-electron chi connectivity index (χ0n) is 15.2. The Morgan fingerprint density at radius 3 is 1.96 bits per heavy atom. The Bertz CT molecular complexity index is 1050. The van der Waals surface area contributed by atoms with E-state index in [1.807, 2.05) is 6.07 Å². The van der Waals surface area contributed by atoms with Crippen molar-refractivity contribution >= 4 is 15.7 Å². The Labute approximate surface area is 162 Å². The third-order valence-corrected chi connectivity index (χ3v) is 4.91. The molecule has 0 saturated carbocycles. The second-order valence-corrected chi connectivity index (χ2v) is 7.17. The molecule has 0 amide bonds. The van der Waals surface area contributed by atoms with Gasteiger partial charge in [-0.05, 0) is 12.1 Å². The molecule has 0 saturated heterocycles. The number of nitrogens with zero attached hydrogens (tertiary/aromatic N) is 3. The molecule has 0 aliphatic heterocycles. The average Bonchev–Trinajstić information content (AvgIpc) is 2.75. The van der Waals surface area contributed by atoms with E-state index < -0.39 is 10.0 Å². The second-order valence-electron chi connectivity index (χ2n) is 5.51. The molecule has 0 radical (unpaired) electrons. The fourth-order valence-electron chi connectivity index (χ4n) is 2.32. The van der Waals surface area contributed by atoms with Gasteiger partial charge in [-0.15, -0.1) is 0 Å². The lowest BCUT2D eigenvalue weighted by atomic mass is 10.1. The van der Waals surface area contributed by atoms with Gasteiger partial charge in [-0.25, -0.2) is 0 Å². The van der Waals surface area contributed by atoms with Crippen LogP contribution in [0.1, 0.15) is 11.4 Å². The number of aromatic nitrogens is 2. The van der Waals surface area contributed by atoms with E-state index in [1.54, 1.807) is 42.5 Å². The van der Waals surface area contributed by atoms with E-state index in [-0.39, 0.29) is 28.2 Å². The predicted octanol–water partition coefficient (Wildman–Crippen LogP) is 2.22. The van der Waals surface area contributed by atoms with E-state index in [9.17, 15) is 8.42 Å². The van der Waals surface area contributed by atoms with Gasteiger partial charge in [0.25, 0.3) is 10.0 Å². The lowest BCUT2D eigenvalue weighted by Crippen LogP contribution is -2.22. The monoisotopic (exact) mass is 398 g/mol. The molecular weight excluding hydrogens is 380 g/mol. The van der Waals surface area contributed by atoms with Gasteiger partial charge in [0.1, 0.15) is 5.71 Å². The lowest BCUT2D eigenvalue weighted by Gasteiger charge is -2.10. The molecule has 28 heavy (non-hydrogen) atoms. The maximum absolute atomic E-state index is 12.5. The minimum atomic E-state index is -3.86. The molecule has 0 aliphatic carbocycles. The molecule has 0 bridgehead atoms. The first-order chi connectivity index (χ1) is 13.5. The van der Waals surface area contributed by atoms with Gasteiger partial charge in [0.2, 0.25) is 11.8 Å². The van der Waals surface area contributed by atoms with Crippen molar-refractivity contribution in [2.24, 2.45) is 5.10 Å². The molecule has 0 fully saturated rings. The van der Waals surface area contributed by atoms with Crippen molar-refractivity contribution in [1.82, 2.24) is 14.8 Å². The molecular formula is C19H18N4O4S. The van der Waals surface area contributed by atoms with Gasteiger partial charge >= 0.3 is 0 Å². The van der Waals surface area contributed by atoms with E-state index in [1.165, 1.54) is 32.4 Å². The van der Waals surface area contributed by atoms with Crippen LogP contribution in [0, 0.1) is 0 Å². The van der Waals surface area contributed by atoms with E-state index >= 15 is 0 Å². The molecule has 1 N–H and O–H groups in total. The molecule has 1 heterocycles. The van der Waals surface area contributed by atoms with Crippen molar-refractivity contribution in [3.63, 3.8) is 0 Å². The van der Waals surface area contributed by atoms with Crippen LogP contribution in [0.2, 0.25) is 0 Å². The summed E-state index contributed by atoms with van der Waals surface area (Å²) in [5.74, 6) is 0.672. The summed E-state index contributed by atoms with van der Waals surface area (Å²) in [7, 11) is -0.936. The Hall–Kier alpha value is -3.46. The van der Waals surface area contributed by atoms with Crippen LogP contribution in [0.3, 0.4) is 0 Å². The third kappa shape index (κ3) is 4.44. The highest BCUT2D eigenvalue weighted by Crippen LogP contribution is 2.18.